The Morgan fingerprint density at radius 2 is 1.77 bits per heavy atom. The largest absolute Gasteiger partial charge is 0.375 e. The molecular weight excluding hydrogens is 380 g/mol. The average Bonchev–Trinajstić information content (AvgIpc) is 2.96. The molecule has 0 saturated carbocycles. The van der Waals surface area contributed by atoms with Crippen LogP contribution in [0.5, 0.6) is 0 Å². The molecule has 1 atom stereocenters. The Balaban J connectivity index is 1.49. The molecule has 158 valence electrons. The van der Waals surface area contributed by atoms with Crippen LogP contribution >= 0.6 is 0 Å². The summed E-state index contributed by atoms with van der Waals surface area (Å²) in [6.45, 7) is 4.57. The van der Waals surface area contributed by atoms with Gasteiger partial charge in [0, 0.05) is 25.8 Å². The molecule has 0 aromatic heterocycles. The number of nitrogens with zero attached hydrogens (tertiary/aromatic N) is 2. The number of imide groups is 1. The summed E-state index contributed by atoms with van der Waals surface area (Å²) in [5.41, 5.74) is 1.70. The van der Waals surface area contributed by atoms with E-state index in [9.17, 15) is 14.4 Å². The molecule has 1 saturated heterocycles. The summed E-state index contributed by atoms with van der Waals surface area (Å²) in [5, 5.41) is 5.51. The van der Waals surface area contributed by atoms with Crippen molar-refractivity contribution in [2.24, 2.45) is 0 Å². The molecule has 7 nitrogen and oxygen atoms in total. The van der Waals surface area contributed by atoms with Crippen LogP contribution in [0.15, 0.2) is 54.6 Å². The Labute approximate surface area is 177 Å². The van der Waals surface area contributed by atoms with Gasteiger partial charge < -0.3 is 15.5 Å². The second-order valence-corrected chi connectivity index (χ2v) is 7.77. The van der Waals surface area contributed by atoms with E-state index in [1.54, 1.807) is 6.92 Å². The van der Waals surface area contributed by atoms with Crippen molar-refractivity contribution in [2.75, 3.05) is 31.6 Å². The average molecular weight is 409 g/mol. The molecule has 1 fully saturated rings. The summed E-state index contributed by atoms with van der Waals surface area (Å²) in [7, 11) is 2.00. The van der Waals surface area contributed by atoms with Gasteiger partial charge in [-0.15, -0.1) is 0 Å². The first-order chi connectivity index (χ1) is 14.3. The summed E-state index contributed by atoms with van der Waals surface area (Å²) in [4.78, 5) is 40.6. The molecule has 2 aromatic carbocycles. The first-order valence-electron chi connectivity index (χ1n) is 10.1. The highest BCUT2D eigenvalue weighted by atomic mass is 16.2. The van der Waals surface area contributed by atoms with Crippen molar-refractivity contribution in [2.45, 2.75) is 25.8 Å². The van der Waals surface area contributed by atoms with Gasteiger partial charge in [-0.05, 0) is 38.0 Å². The third kappa shape index (κ3) is 4.62. The van der Waals surface area contributed by atoms with E-state index in [-0.39, 0.29) is 12.5 Å². The van der Waals surface area contributed by atoms with Gasteiger partial charge in [-0.1, -0.05) is 48.0 Å². The van der Waals surface area contributed by atoms with E-state index in [1.807, 2.05) is 68.6 Å². The fraction of sp³-hybridized carbons (Fsp3) is 0.348. The fourth-order valence-corrected chi connectivity index (χ4v) is 3.48. The highest BCUT2D eigenvalue weighted by molar-refractivity contribution is 6.09. The van der Waals surface area contributed by atoms with Crippen LogP contribution in [0.2, 0.25) is 0 Å². The number of rotatable bonds is 8. The highest BCUT2D eigenvalue weighted by Crippen LogP contribution is 2.28. The van der Waals surface area contributed by atoms with Gasteiger partial charge >= 0.3 is 6.03 Å². The molecule has 3 rings (SSSR count). The van der Waals surface area contributed by atoms with Crippen molar-refractivity contribution in [3.63, 3.8) is 0 Å². The Morgan fingerprint density at radius 3 is 2.43 bits per heavy atom. The molecule has 1 heterocycles. The van der Waals surface area contributed by atoms with Crippen molar-refractivity contribution in [3.8, 4) is 0 Å². The van der Waals surface area contributed by atoms with E-state index in [2.05, 4.69) is 15.5 Å². The Hall–Kier alpha value is -3.35. The van der Waals surface area contributed by atoms with Crippen LogP contribution in [0, 0.1) is 6.92 Å². The zero-order chi connectivity index (χ0) is 21.7. The zero-order valence-electron chi connectivity index (χ0n) is 17.6. The van der Waals surface area contributed by atoms with Gasteiger partial charge in [0.2, 0.25) is 5.91 Å². The molecule has 0 spiro atoms. The lowest BCUT2D eigenvalue weighted by atomic mass is 9.91. The lowest BCUT2D eigenvalue weighted by molar-refractivity contribution is -0.134. The van der Waals surface area contributed by atoms with E-state index in [1.165, 1.54) is 0 Å². The number of carbonyl (C=O) groups is 3. The second kappa shape index (κ2) is 8.98. The Morgan fingerprint density at radius 1 is 1.10 bits per heavy atom. The van der Waals surface area contributed by atoms with Crippen molar-refractivity contribution < 1.29 is 14.4 Å². The molecule has 4 amide bonds. The summed E-state index contributed by atoms with van der Waals surface area (Å²) in [5.74, 6) is -0.774. The SMILES string of the molecule is Cc1ccc(C2(C)NC(=O)N(CC(=O)NCCCN(C)c3ccccc3)C2=O)cc1. The van der Waals surface area contributed by atoms with Crippen LogP contribution in [-0.4, -0.2) is 49.4 Å². The van der Waals surface area contributed by atoms with Gasteiger partial charge in [-0.25, -0.2) is 4.79 Å². The molecule has 1 unspecified atom stereocenters. The molecule has 0 aliphatic carbocycles. The van der Waals surface area contributed by atoms with Crippen molar-refractivity contribution in [3.05, 3.63) is 65.7 Å². The third-order valence-electron chi connectivity index (χ3n) is 5.40. The highest BCUT2D eigenvalue weighted by Gasteiger charge is 2.49. The number of carbonyl (C=O) groups excluding carboxylic acids is 3. The molecule has 30 heavy (non-hydrogen) atoms. The van der Waals surface area contributed by atoms with E-state index in [4.69, 9.17) is 0 Å². The number of anilines is 1. The number of hydrogen-bond acceptors (Lipinski definition) is 4. The van der Waals surface area contributed by atoms with E-state index >= 15 is 0 Å². The molecule has 2 N–H and O–H groups in total. The number of urea groups is 1. The van der Waals surface area contributed by atoms with Gasteiger partial charge in [0.05, 0.1) is 0 Å². The van der Waals surface area contributed by atoms with Gasteiger partial charge in [-0.3, -0.25) is 14.5 Å². The summed E-state index contributed by atoms with van der Waals surface area (Å²) >= 11 is 0. The predicted molar refractivity (Wildman–Crippen MR) is 116 cm³/mol. The smallest absolute Gasteiger partial charge is 0.325 e. The van der Waals surface area contributed by atoms with E-state index < -0.39 is 17.5 Å². The lowest BCUT2D eigenvalue weighted by Gasteiger charge is -2.22. The van der Waals surface area contributed by atoms with Crippen LogP contribution < -0.4 is 15.5 Å². The van der Waals surface area contributed by atoms with Gasteiger partial charge in [-0.2, -0.15) is 0 Å². The number of nitrogens with one attached hydrogen (secondary N) is 2. The first kappa shape index (κ1) is 21.4. The quantitative estimate of drug-likeness (QED) is 0.519. The lowest BCUT2D eigenvalue weighted by Crippen LogP contribution is -2.43. The number of amides is 4. The zero-order valence-corrected chi connectivity index (χ0v) is 17.6. The molecule has 1 aliphatic rings. The maximum atomic E-state index is 12.9. The maximum Gasteiger partial charge on any atom is 0.325 e. The molecule has 0 radical (unpaired) electrons. The topological polar surface area (TPSA) is 81.8 Å². The standard InChI is InChI=1S/C23H28N4O3/c1-17-10-12-18(13-11-17)23(2)21(29)27(22(30)25-23)16-20(28)24-14-7-15-26(3)19-8-5-4-6-9-19/h4-6,8-13H,7,14-16H2,1-3H3,(H,24,28)(H,25,30). The second-order valence-electron chi connectivity index (χ2n) is 7.77. The first-order valence-corrected chi connectivity index (χ1v) is 10.1. The van der Waals surface area contributed by atoms with Crippen LogP contribution in [0.3, 0.4) is 0 Å². The minimum atomic E-state index is -1.16. The van der Waals surface area contributed by atoms with Crippen molar-refractivity contribution in [1.29, 1.82) is 0 Å². The minimum Gasteiger partial charge on any atom is -0.375 e. The molecule has 2 aromatic rings. The monoisotopic (exact) mass is 408 g/mol. The molecule has 7 heteroatoms. The van der Waals surface area contributed by atoms with E-state index in [0.717, 1.165) is 29.1 Å². The third-order valence-corrected chi connectivity index (χ3v) is 5.40. The van der Waals surface area contributed by atoms with Crippen LogP contribution in [0.1, 0.15) is 24.5 Å². The fourth-order valence-electron chi connectivity index (χ4n) is 3.48. The summed E-state index contributed by atoms with van der Waals surface area (Å²) in [6, 6.07) is 16.9. The van der Waals surface area contributed by atoms with Crippen molar-refractivity contribution in [1.82, 2.24) is 15.5 Å². The number of aryl methyl sites for hydroxylation is 1. The number of hydrogen-bond donors (Lipinski definition) is 2. The predicted octanol–water partition coefficient (Wildman–Crippen LogP) is 2.40. The van der Waals surface area contributed by atoms with Gasteiger partial charge in [0.25, 0.3) is 5.91 Å². The number of benzene rings is 2. The Bertz CT molecular complexity index is 914. The molecular formula is C23H28N4O3. The molecule has 1 aliphatic heterocycles. The van der Waals surface area contributed by atoms with Crippen LogP contribution in [0.25, 0.3) is 0 Å². The van der Waals surface area contributed by atoms with Gasteiger partial charge in [0.15, 0.2) is 0 Å². The van der Waals surface area contributed by atoms with Crippen LogP contribution in [0.4, 0.5) is 10.5 Å². The maximum absolute atomic E-state index is 12.9. The number of para-hydroxylation sites is 1. The van der Waals surface area contributed by atoms with Crippen LogP contribution in [-0.2, 0) is 15.1 Å². The van der Waals surface area contributed by atoms with E-state index in [0.29, 0.717) is 12.1 Å². The van der Waals surface area contributed by atoms with Crippen molar-refractivity contribution >= 4 is 23.5 Å². The minimum absolute atomic E-state index is 0.291. The van der Waals surface area contributed by atoms with Gasteiger partial charge in [0.1, 0.15) is 12.1 Å². The summed E-state index contributed by atoms with van der Waals surface area (Å²) < 4.78 is 0. The molecule has 0 bridgehead atoms. The summed E-state index contributed by atoms with van der Waals surface area (Å²) in [6.07, 6.45) is 0.748. The Kier molecular flexibility index (Phi) is 6.40. The normalized spacial score (nSPS) is 18.3.